The van der Waals surface area contributed by atoms with Crippen molar-refractivity contribution in [1.29, 1.82) is 0 Å². The van der Waals surface area contributed by atoms with Gasteiger partial charge in [-0.15, -0.1) is 0 Å². The maximum absolute atomic E-state index is 12.2. The summed E-state index contributed by atoms with van der Waals surface area (Å²) in [4.78, 5) is 25.5. The van der Waals surface area contributed by atoms with Crippen molar-refractivity contribution in [2.24, 2.45) is 11.8 Å². The summed E-state index contributed by atoms with van der Waals surface area (Å²) in [6.45, 7) is 2.97. The first-order valence-electron chi connectivity index (χ1n) is 6.82. The average Bonchev–Trinajstić information content (AvgIpc) is 2.87. The topological polar surface area (TPSA) is 46.6 Å². The zero-order valence-electron chi connectivity index (χ0n) is 12.1. The van der Waals surface area contributed by atoms with Crippen LogP contribution in [0.1, 0.15) is 12.5 Å². The summed E-state index contributed by atoms with van der Waals surface area (Å²) >= 11 is 3.44. The second kappa shape index (κ2) is 6.89. The molecule has 0 radical (unpaired) electrons. The third-order valence-electron chi connectivity index (χ3n) is 3.74. The van der Waals surface area contributed by atoms with Crippen LogP contribution in [0.25, 0.3) is 6.08 Å². The van der Waals surface area contributed by atoms with Crippen LogP contribution in [-0.4, -0.2) is 37.0 Å². The van der Waals surface area contributed by atoms with Crippen LogP contribution in [0.2, 0.25) is 0 Å². The number of benzene rings is 1. The number of rotatable bonds is 3. The molecule has 1 saturated heterocycles. The van der Waals surface area contributed by atoms with Gasteiger partial charge < -0.3 is 9.64 Å². The van der Waals surface area contributed by atoms with Crippen LogP contribution < -0.4 is 0 Å². The van der Waals surface area contributed by atoms with E-state index < -0.39 is 0 Å². The summed E-state index contributed by atoms with van der Waals surface area (Å²) in [5.41, 5.74) is 0.947. The van der Waals surface area contributed by atoms with Crippen LogP contribution >= 0.6 is 15.9 Å². The third kappa shape index (κ3) is 3.73. The summed E-state index contributed by atoms with van der Waals surface area (Å²) in [7, 11) is 1.38. The Kier molecular flexibility index (Phi) is 5.17. The molecular weight excluding hydrogens is 334 g/mol. The predicted molar refractivity (Wildman–Crippen MR) is 84.4 cm³/mol. The molecule has 0 saturated carbocycles. The maximum Gasteiger partial charge on any atom is 0.310 e. The number of carbonyl (C=O) groups is 2. The molecule has 0 aliphatic carbocycles. The van der Waals surface area contributed by atoms with Crippen molar-refractivity contribution in [2.45, 2.75) is 6.92 Å². The van der Waals surface area contributed by atoms with Gasteiger partial charge >= 0.3 is 5.97 Å². The van der Waals surface area contributed by atoms with E-state index in [-0.39, 0.29) is 23.7 Å². The first-order chi connectivity index (χ1) is 10.0. The summed E-state index contributed by atoms with van der Waals surface area (Å²) in [6.07, 6.45) is 3.33. The Balaban J connectivity index is 2.02. The van der Waals surface area contributed by atoms with E-state index in [1.54, 1.807) is 17.1 Å². The highest BCUT2D eigenvalue weighted by atomic mass is 79.9. The van der Waals surface area contributed by atoms with Crippen molar-refractivity contribution in [3.63, 3.8) is 0 Å². The molecule has 1 amide bonds. The summed E-state index contributed by atoms with van der Waals surface area (Å²) in [6, 6.07) is 7.69. The minimum Gasteiger partial charge on any atom is -0.469 e. The number of hydrogen-bond donors (Lipinski definition) is 0. The van der Waals surface area contributed by atoms with E-state index in [2.05, 4.69) is 15.9 Å². The van der Waals surface area contributed by atoms with Crippen LogP contribution in [0.3, 0.4) is 0 Å². The Morgan fingerprint density at radius 3 is 2.71 bits per heavy atom. The molecule has 4 nitrogen and oxygen atoms in total. The highest BCUT2D eigenvalue weighted by Crippen LogP contribution is 2.24. The molecular formula is C16H18BrNO3. The van der Waals surface area contributed by atoms with Gasteiger partial charge in [0.05, 0.1) is 13.0 Å². The van der Waals surface area contributed by atoms with Crippen molar-refractivity contribution >= 4 is 33.9 Å². The van der Waals surface area contributed by atoms with Crippen LogP contribution in [-0.2, 0) is 14.3 Å². The maximum atomic E-state index is 12.2. The fourth-order valence-electron chi connectivity index (χ4n) is 2.48. The molecule has 0 bridgehead atoms. The quantitative estimate of drug-likeness (QED) is 0.621. The molecule has 1 fully saturated rings. The minimum atomic E-state index is -0.243. The lowest BCUT2D eigenvalue weighted by atomic mass is 9.99. The zero-order chi connectivity index (χ0) is 15.4. The Morgan fingerprint density at radius 1 is 1.33 bits per heavy atom. The minimum absolute atomic E-state index is 0.0796. The van der Waals surface area contributed by atoms with Gasteiger partial charge in [-0.1, -0.05) is 41.1 Å². The van der Waals surface area contributed by atoms with Crippen LogP contribution in [0.5, 0.6) is 0 Å². The molecule has 2 unspecified atom stereocenters. The normalized spacial score (nSPS) is 21.8. The van der Waals surface area contributed by atoms with Gasteiger partial charge in [0, 0.05) is 23.6 Å². The number of amides is 1. The SMILES string of the molecule is COC(=O)C1CN(C(=O)/C=C/c2ccccc2Br)CC1C. The van der Waals surface area contributed by atoms with E-state index in [1.807, 2.05) is 31.2 Å². The molecule has 112 valence electrons. The Bertz CT molecular complexity index is 570. The Labute approximate surface area is 132 Å². The highest BCUT2D eigenvalue weighted by Gasteiger charge is 2.36. The van der Waals surface area contributed by atoms with Gasteiger partial charge in [0.2, 0.25) is 5.91 Å². The molecule has 0 spiro atoms. The van der Waals surface area contributed by atoms with E-state index >= 15 is 0 Å². The number of carbonyl (C=O) groups excluding carboxylic acids is 2. The van der Waals surface area contributed by atoms with Gasteiger partial charge in [-0.2, -0.15) is 0 Å². The largest absolute Gasteiger partial charge is 0.469 e. The van der Waals surface area contributed by atoms with Gasteiger partial charge in [0.25, 0.3) is 0 Å². The van der Waals surface area contributed by atoms with Gasteiger partial charge in [-0.25, -0.2) is 0 Å². The first-order valence-corrected chi connectivity index (χ1v) is 7.61. The molecule has 5 heteroatoms. The second-order valence-electron chi connectivity index (χ2n) is 5.21. The predicted octanol–water partition coefficient (Wildman–Crippen LogP) is 2.73. The molecule has 2 atom stereocenters. The number of likely N-dealkylation sites (tertiary alicyclic amines) is 1. The molecule has 1 aromatic rings. The lowest BCUT2D eigenvalue weighted by Crippen LogP contribution is -2.28. The molecule has 1 heterocycles. The van der Waals surface area contributed by atoms with Crippen LogP contribution in [0.4, 0.5) is 0 Å². The van der Waals surface area contributed by atoms with E-state index in [4.69, 9.17) is 4.74 Å². The standard InChI is InChI=1S/C16H18BrNO3/c1-11-9-18(10-13(11)16(20)21-2)15(19)8-7-12-5-3-4-6-14(12)17/h3-8,11,13H,9-10H2,1-2H3/b8-7+. The van der Waals surface area contributed by atoms with Crippen molar-refractivity contribution in [2.75, 3.05) is 20.2 Å². The fourth-order valence-corrected chi connectivity index (χ4v) is 2.90. The second-order valence-corrected chi connectivity index (χ2v) is 6.06. The average molecular weight is 352 g/mol. The summed E-state index contributed by atoms with van der Waals surface area (Å²) < 4.78 is 5.72. The number of ether oxygens (including phenoxy) is 1. The lowest BCUT2D eigenvalue weighted by Gasteiger charge is -2.13. The Hall–Kier alpha value is -1.62. The smallest absolute Gasteiger partial charge is 0.310 e. The molecule has 1 aliphatic rings. The number of esters is 1. The monoisotopic (exact) mass is 351 g/mol. The third-order valence-corrected chi connectivity index (χ3v) is 4.46. The van der Waals surface area contributed by atoms with Crippen molar-refractivity contribution in [1.82, 2.24) is 4.90 Å². The van der Waals surface area contributed by atoms with Gasteiger partial charge in [-0.05, 0) is 23.6 Å². The number of nitrogens with zero attached hydrogens (tertiary/aromatic N) is 1. The fraction of sp³-hybridized carbons (Fsp3) is 0.375. The molecule has 0 N–H and O–H groups in total. The van der Waals surface area contributed by atoms with E-state index in [1.165, 1.54) is 7.11 Å². The molecule has 1 aliphatic heterocycles. The van der Waals surface area contributed by atoms with Crippen molar-refractivity contribution in [3.05, 3.63) is 40.4 Å². The summed E-state index contributed by atoms with van der Waals surface area (Å²) in [5.74, 6) is -0.425. The van der Waals surface area contributed by atoms with Gasteiger partial charge in [0.1, 0.15) is 0 Å². The molecule has 21 heavy (non-hydrogen) atoms. The van der Waals surface area contributed by atoms with Crippen molar-refractivity contribution in [3.8, 4) is 0 Å². The van der Waals surface area contributed by atoms with E-state index in [9.17, 15) is 9.59 Å². The molecule has 1 aromatic carbocycles. The number of methoxy groups -OCH3 is 1. The summed E-state index contributed by atoms with van der Waals surface area (Å²) in [5, 5.41) is 0. The highest BCUT2D eigenvalue weighted by molar-refractivity contribution is 9.10. The van der Waals surface area contributed by atoms with Crippen LogP contribution in [0, 0.1) is 11.8 Å². The molecule has 0 aromatic heterocycles. The molecule has 2 rings (SSSR count). The first kappa shape index (κ1) is 15.8. The van der Waals surface area contributed by atoms with E-state index in [0.29, 0.717) is 13.1 Å². The zero-order valence-corrected chi connectivity index (χ0v) is 13.7. The van der Waals surface area contributed by atoms with E-state index in [0.717, 1.165) is 10.0 Å². The Morgan fingerprint density at radius 2 is 2.05 bits per heavy atom. The lowest BCUT2D eigenvalue weighted by molar-refractivity contribution is -0.146. The van der Waals surface area contributed by atoms with Crippen molar-refractivity contribution < 1.29 is 14.3 Å². The van der Waals surface area contributed by atoms with Gasteiger partial charge in [0.15, 0.2) is 0 Å². The van der Waals surface area contributed by atoms with Crippen LogP contribution in [0.15, 0.2) is 34.8 Å². The number of hydrogen-bond acceptors (Lipinski definition) is 3. The number of halogens is 1. The van der Waals surface area contributed by atoms with Gasteiger partial charge in [-0.3, -0.25) is 9.59 Å².